The van der Waals surface area contributed by atoms with Crippen molar-refractivity contribution in [2.75, 3.05) is 18.4 Å². The first-order chi connectivity index (χ1) is 9.65. The van der Waals surface area contributed by atoms with Crippen LogP contribution in [0.4, 0.5) is 10.6 Å². The van der Waals surface area contributed by atoms with Gasteiger partial charge in [0.1, 0.15) is 10.4 Å². The van der Waals surface area contributed by atoms with Crippen LogP contribution >= 0.6 is 15.9 Å². The Bertz CT molecular complexity index is 644. The molecular weight excluding hydrogens is 326 g/mol. The van der Waals surface area contributed by atoms with Gasteiger partial charge in [0.25, 0.3) is 0 Å². The topological polar surface area (TPSA) is 82.8 Å². The van der Waals surface area contributed by atoms with Gasteiger partial charge in [-0.1, -0.05) is 0 Å². The summed E-state index contributed by atoms with van der Waals surface area (Å²) in [5.41, 5.74) is 0.760. The van der Waals surface area contributed by atoms with Crippen molar-refractivity contribution < 1.29 is 9.90 Å². The third-order valence-electron chi connectivity index (χ3n) is 3.46. The van der Waals surface area contributed by atoms with Crippen molar-refractivity contribution in [1.29, 1.82) is 0 Å². The maximum atomic E-state index is 11.1. The van der Waals surface area contributed by atoms with Gasteiger partial charge in [-0.15, -0.1) is 5.10 Å². The first-order valence-corrected chi connectivity index (χ1v) is 7.18. The average molecular weight is 340 g/mol. The van der Waals surface area contributed by atoms with Gasteiger partial charge in [0.05, 0.1) is 12.2 Å². The van der Waals surface area contributed by atoms with Crippen LogP contribution in [0.3, 0.4) is 0 Å². The number of imidazole rings is 1. The van der Waals surface area contributed by atoms with Crippen molar-refractivity contribution in [3.05, 3.63) is 22.9 Å². The molecule has 1 fully saturated rings. The first-order valence-electron chi connectivity index (χ1n) is 6.39. The van der Waals surface area contributed by atoms with Crippen molar-refractivity contribution in [3.8, 4) is 0 Å². The number of carboxylic acid groups (broad SMARTS) is 1. The van der Waals surface area contributed by atoms with E-state index in [4.69, 9.17) is 5.11 Å². The molecule has 3 rings (SSSR count). The lowest BCUT2D eigenvalue weighted by Gasteiger charge is -2.21. The van der Waals surface area contributed by atoms with Crippen LogP contribution in [0.1, 0.15) is 12.8 Å². The second-order valence-electron chi connectivity index (χ2n) is 4.72. The molecular formula is C12H14BrN5O2. The number of carbonyl (C=O) groups is 1. The monoisotopic (exact) mass is 339 g/mol. The molecule has 1 amide bonds. The summed E-state index contributed by atoms with van der Waals surface area (Å²) < 4.78 is 2.47. The zero-order valence-corrected chi connectivity index (χ0v) is 12.2. The maximum absolute atomic E-state index is 11.1. The molecule has 7 nitrogen and oxygen atoms in total. The van der Waals surface area contributed by atoms with Gasteiger partial charge in [-0.3, -0.25) is 0 Å². The van der Waals surface area contributed by atoms with Crippen molar-refractivity contribution in [2.45, 2.75) is 18.9 Å². The van der Waals surface area contributed by atoms with E-state index in [0.29, 0.717) is 18.9 Å². The van der Waals surface area contributed by atoms with Crippen LogP contribution in [0.2, 0.25) is 0 Å². The van der Waals surface area contributed by atoms with Crippen LogP contribution in [0, 0.1) is 0 Å². The number of nitrogens with one attached hydrogen (secondary N) is 1. The Morgan fingerprint density at radius 2 is 2.40 bits per heavy atom. The summed E-state index contributed by atoms with van der Waals surface area (Å²) in [6.45, 7) is 1.18. The minimum atomic E-state index is -0.852. The molecule has 2 aromatic heterocycles. The van der Waals surface area contributed by atoms with Gasteiger partial charge in [-0.25, -0.2) is 14.3 Å². The fourth-order valence-electron chi connectivity index (χ4n) is 2.46. The maximum Gasteiger partial charge on any atom is 0.407 e. The average Bonchev–Trinajstić information content (AvgIpc) is 3.04. The summed E-state index contributed by atoms with van der Waals surface area (Å²) in [5.74, 6) is 0.702. The van der Waals surface area contributed by atoms with Crippen molar-refractivity contribution in [2.24, 2.45) is 0 Å². The molecule has 1 aliphatic heterocycles. The SMILES string of the molecule is O=C(O)N1CCCC1CNc1ccc2ncc(Br)n2n1. The molecule has 1 atom stereocenters. The Hall–Kier alpha value is -1.83. The number of aromatic nitrogens is 3. The van der Waals surface area contributed by atoms with Crippen LogP contribution in [-0.4, -0.2) is 49.8 Å². The number of halogens is 1. The van der Waals surface area contributed by atoms with Gasteiger partial charge < -0.3 is 15.3 Å². The molecule has 20 heavy (non-hydrogen) atoms. The lowest BCUT2D eigenvalue weighted by Crippen LogP contribution is -2.38. The predicted molar refractivity (Wildman–Crippen MR) is 76.9 cm³/mol. The molecule has 8 heteroatoms. The quantitative estimate of drug-likeness (QED) is 0.894. The molecule has 0 aliphatic carbocycles. The Kier molecular flexibility index (Phi) is 3.47. The second kappa shape index (κ2) is 5.28. The van der Waals surface area contributed by atoms with Gasteiger partial charge in [0, 0.05) is 13.1 Å². The predicted octanol–water partition coefficient (Wildman–Crippen LogP) is 2.05. The van der Waals surface area contributed by atoms with Gasteiger partial charge in [-0.05, 0) is 40.9 Å². The standard InChI is InChI=1S/C12H14BrN5O2/c13-9-7-15-11-4-3-10(16-18(9)11)14-6-8-2-1-5-17(8)12(19)20/h3-4,7-8H,1-2,5-6H2,(H,14,16)(H,19,20). The summed E-state index contributed by atoms with van der Waals surface area (Å²) in [6, 6.07) is 3.72. The number of likely N-dealkylation sites (tertiary alicyclic amines) is 1. The van der Waals surface area contributed by atoms with Crippen LogP contribution < -0.4 is 5.32 Å². The Morgan fingerprint density at radius 1 is 1.55 bits per heavy atom. The highest BCUT2D eigenvalue weighted by Gasteiger charge is 2.28. The number of hydrogen-bond acceptors (Lipinski definition) is 4. The minimum Gasteiger partial charge on any atom is -0.465 e. The molecule has 0 bridgehead atoms. The van der Waals surface area contributed by atoms with Gasteiger partial charge in [-0.2, -0.15) is 0 Å². The van der Waals surface area contributed by atoms with E-state index in [1.165, 1.54) is 4.90 Å². The Morgan fingerprint density at radius 3 is 3.20 bits per heavy atom. The fourth-order valence-corrected chi connectivity index (χ4v) is 2.83. The zero-order valence-electron chi connectivity index (χ0n) is 10.7. The second-order valence-corrected chi connectivity index (χ2v) is 5.53. The zero-order chi connectivity index (χ0) is 14.1. The van der Waals surface area contributed by atoms with E-state index in [2.05, 4.69) is 31.3 Å². The third-order valence-corrected chi connectivity index (χ3v) is 4.00. The Labute approximate surface area is 123 Å². The normalized spacial score (nSPS) is 18.6. The number of rotatable bonds is 3. The Balaban J connectivity index is 1.70. The molecule has 1 unspecified atom stereocenters. The molecule has 2 N–H and O–H groups in total. The number of fused-ring (bicyclic) bond motifs is 1. The largest absolute Gasteiger partial charge is 0.465 e. The number of amides is 1. The summed E-state index contributed by atoms with van der Waals surface area (Å²) in [7, 11) is 0. The van der Waals surface area contributed by atoms with E-state index >= 15 is 0 Å². The van der Waals surface area contributed by atoms with Crippen LogP contribution in [0.5, 0.6) is 0 Å². The van der Waals surface area contributed by atoms with E-state index in [9.17, 15) is 4.79 Å². The highest BCUT2D eigenvalue weighted by atomic mass is 79.9. The molecule has 1 aliphatic rings. The molecule has 0 spiro atoms. The van der Waals surface area contributed by atoms with Gasteiger partial charge >= 0.3 is 6.09 Å². The molecule has 106 valence electrons. The van der Waals surface area contributed by atoms with Crippen molar-refractivity contribution in [3.63, 3.8) is 0 Å². The van der Waals surface area contributed by atoms with Crippen molar-refractivity contribution >= 4 is 33.5 Å². The number of nitrogens with zero attached hydrogens (tertiary/aromatic N) is 4. The van der Waals surface area contributed by atoms with Crippen LogP contribution in [0.25, 0.3) is 5.65 Å². The molecule has 0 aromatic carbocycles. The summed E-state index contributed by atoms with van der Waals surface area (Å²) >= 11 is 3.37. The van der Waals surface area contributed by atoms with Crippen molar-refractivity contribution in [1.82, 2.24) is 19.5 Å². The summed E-state index contributed by atoms with van der Waals surface area (Å²) in [6.07, 6.45) is 2.64. The number of hydrogen-bond donors (Lipinski definition) is 2. The minimum absolute atomic E-state index is 0.0104. The van der Waals surface area contributed by atoms with E-state index in [1.807, 2.05) is 12.1 Å². The number of anilines is 1. The molecule has 2 aromatic rings. The fraction of sp³-hybridized carbons (Fsp3) is 0.417. The highest BCUT2D eigenvalue weighted by molar-refractivity contribution is 9.10. The van der Waals surface area contributed by atoms with Gasteiger partial charge in [0.15, 0.2) is 5.65 Å². The van der Waals surface area contributed by atoms with E-state index in [0.717, 1.165) is 23.1 Å². The molecule has 0 radical (unpaired) electrons. The lowest BCUT2D eigenvalue weighted by molar-refractivity contribution is 0.142. The smallest absolute Gasteiger partial charge is 0.407 e. The first kappa shape index (κ1) is 13.2. The lowest BCUT2D eigenvalue weighted by atomic mass is 10.2. The molecule has 3 heterocycles. The van der Waals surface area contributed by atoms with E-state index in [1.54, 1.807) is 10.7 Å². The highest BCUT2D eigenvalue weighted by Crippen LogP contribution is 2.18. The molecule has 0 saturated carbocycles. The van der Waals surface area contributed by atoms with Crippen LogP contribution in [-0.2, 0) is 0 Å². The van der Waals surface area contributed by atoms with E-state index < -0.39 is 6.09 Å². The third kappa shape index (κ3) is 2.43. The van der Waals surface area contributed by atoms with Gasteiger partial charge in [0.2, 0.25) is 0 Å². The molecule has 1 saturated heterocycles. The summed E-state index contributed by atoms with van der Waals surface area (Å²) in [5, 5.41) is 16.7. The van der Waals surface area contributed by atoms with E-state index in [-0.39, 0.29) is 6.04 Å². The summed E-state index contributed by atoms with van der Waals surface area (Å²) in [4.78, 5) is 16.7. The van der Waals surface area contributed by atoms with Crippen LogP contribution in [0.15, 0.2) is 22.9 Å².